The molecule has 0 aliphatic carbocycles. The molecule has 4 nitrogen and oxygen atoms in total. The molecule has 0 spiro atoms. The van der Waals surface area contributed by atoms with Gasteiger partial charge in [0.15, 0.2) is 5.96 Å². The van der Waals surface area contributed by atoms with Gasteiger partial charge in [0.2, 0.25) is 0 Å². The average Bonchev–Trinajstić information content (AvgIpc) is 2.51. The van der Waals surface area contributed by atoms with Crippen LogP contribution in [0.4, 0.5) is 0 Å². The second-order valence-electron chi connectivity index (χ2n) is 7.02. The van der Waals surface area contributed by atoms with Crippen molar-refractivity contribution in [2.24, 2.45) is 16.8 Å². The Morgan fingerprint density at radius 2 is 1.87 bits per heavy atom. The Morgan fingerprint density at radius 3 is 2.39 bits per heavy atom. The average molecular weight is 455 g/mol. The minimum Gasteiger partial charge on any atom is -0.381 e. The fourth-order valence-electron chi connectivity index (χ4n) is 3.65. The normalized spacial score (nSPS) is 28.2. The van der Waals surface area contributed by atoms with Crippen molar-refractivity contribution in [2.75, 3.05) is 45.6 Å². The summed E-state index contributed by atoms with van der Waals surface area (Å²) in [6.07, 6.45) is 5.79. The Kier molecular flexibility index (Phi) is 9.59. The second kappa shape index (κ2) is 10.3. The number of likely N-dealkylation sites (tertiary alicyclic amines) is 1. The lowest BCUT2D eigenvalue weighted by Gasteiger charge is -2.38. The maximum Gasteiger partial charge on any atom is 0.193 e. The van der Waals surface area contributed by atoms with E-state index in [1.54, 1.807) is 0 Å². The van der Waals surface area contributed by atoms with E-state index in [0.29, 0.717) is 0 Å². The molecule has 6 heteroatoms. The van der Waals surface area contributed by atoms with E-state index >= 15 is 0 Å². The van der Waals surface area contributed by atoms with Crippen LogP contribution in [0.1, 0.15) is 40.0 Å². The fraction of sp³-hybridized carbons (Fsp3) is 0.941. The van der Waals surface area contributed by atoms with Crippen LogP contribution in [0.2, 0.25) is 0 Å². The van der Waals surface area contributed by atoms with Crippen LogP contribution in [0.25, 0.3) is 0 Å². The van der Waals surface area contributed by atoms with Gasteiger partial charge in [-0.05, 0) is 44.3 Å². The number of rotatable bonds is 4. The Morgan fingerprint density at radius 1 is 1.26 bits per heavy atom. The molecule has 2 fully saturated rings. The predicted molar refractivity (Wildman–Crippen MR) is 112 cm³/mol. The summed E-state index contributed by atoms with van der Waals surface area (Å²) >= 11 is 1.97. The minimum atomic E-state index is 0. The van der Waals surface area contributed by atoms with Gasteiger partial charge < -0.3 is 15.0 Å². The van der Waals surface area contributed by atoms with Crippen LogP contribution < -0.4 is 5.32 Å². The van der Waals surface area contributed by atoms with Gasteiger partial charge in [0.05, 0.1) is 6.54 Å². The van der Waals surface area contributed by atoms with Crippen LogP contribution in [-0.2, 0) is 4.74 Å². The largest absolute Gasteiger partial charge is 0.381 e. The van der Waals surface area contributed by atoms with Crippen molar-refractivity contribution in [3.63, 3.8) is 0 Å². The molecule has 0 bridgehead atoms. The van der Waals surface area contributed by atoms with Crippen LogP contribution >= 0.6 is 35.7 Å². The maximum atomic E-state index is 5.54. The van der Waals surface area contributed by atoms with E-state index in [0.717, 1.165) is 70.0 Å². The zero-order chi connectivity index (χ0) is 16.0. The first kappa shape index (κ1) is 21.4. The van der Waals surface area contributed by atoms with E-state index < -0.39 is 0 Å². The van der Waals surface area contributed by atoms with Crippen molar-refractivity contribution in [2.45, 2.75) is 44.8 Å². The third kappa shape index (κ3) is 6.27. The highest BCUT2D eigenvalue weighted by Gasteiger charge is 2.32. The smallest absolute Gasteiger partial charge is 0.193 e. The molecule has 0 aromatic rings. The molecule has 0 aromatic carbocycles. The van der Waals surface area contributed by atoms with Gasteiger partial charge in [-0.15, -0.1) is 24.0 Å². The number of guanidine groups is 1. The monoisotopic (exact) mass is 455 g/mol. The number of ether oxygens (including phenoxy) is 1. The minimum absolute atomic E-state index is 0. The topological polar surface area (TPSA) is 36.9 Å². The van der Waals surface area contributed by atoms with Gasteiger partial charge in [0.25, 0.3) is 0 Å². The SMILES string of the molecule is CCNC(=NCC1(SC)CCOCC1)N1CC(C)CC(C)C1.I. The zero-order valence-electron chi connectivity index (χ0n) is 15.1. The van der Waals surface area contributed by atoms with Crippen molar-refractivity contribution >= 4 is 41.7 Å². The summed E-state index contributed by atoms with van der Waals surface area (Å²) in [5.74, 6) is 2.62. The Bertz CT molecular complexity index is 365. The Balaban J connectivity index is 0.00000264. The number of piperidine rings is 1. The van der Waals surface area contributed by atoms with Crippen molar-refractivity contribution < 1.29 is 4.74 Å². The standard InChI is InChI=1S/C17H33N3OS.HI/c1-5-18-16(20-11-14(2)10-15(3)12-20)19-13-17(22-4)6-8-21-9-7-17;/h14-15H,5-13H2,1-4H3,(H,18,19);1H. The van der Waals surface area contributed by atoms with Crippen LogP contribution in [0.15, 0.2) is 4.99 Å². The molecule has 2 unspecified atom stereocenters. The van der Waals surface area contributed by atoms with Gasteiger partial charge in [-0.2, -0.15) is 11.8 Å². The number of nitrogens with one attached hydrogen (secondary N) is 1. The van der Waals surface area contributed by atoms with E-state index in [1.165, 1.54) is 6.42 Å². The summed E-state index contributed by atoms with van der Waals surface area (Å²) in [5, 5.41) is 3.51. The quantitative estimate of drug-likeness (QED) is 0.400. The predicted octanol–water partition coefficient (Wildman–Crippen LogP) is 3.46. The van der Waals surface area contributed by atoms with Crippen LogP contribution in [0, 0.1) is 11.8 Å². The first-order valence-electron chi connectivity index (χ1n) is 8.74. The van der Waals surface area contributed by atoms with Gasteiger partial charge in [0.1, 0.15) is 0 Å². The number of thioether (sulfide) groups is 1. The number of hydrogen-bond donors (Lipinski definition) is 1. The highest BCUT2D eigenvalue weighted by Crippen LogP contribution is 2.34. The van der Waals surface area contributed by atoms with E-state index in [4.69, 9.17) is 9.73 Å². The fourth-order valence-corrected chi connectivity index (χ4v) is 4.42. The van der Waals surface area contributed by atoms with Gasteiger partial charge >= 0.3 is 0 Å². The molecule has 136 valence electrons. The van der Waals surface area contributed by atoms with E-state index in [1.807, 2.05) is 11.8 Å². The van der Waals surface area contributed by atoms with E-state index in [-0.39, 0.29) is 28.7 Å². The summed E-state index contributed by atoms with van der Waals surface area (Å²) in [5.41, 5.74) is 0. The molecular weight excluding hydrogens is 421 g/mol. The summed E-state index contributed by atoms with van der Waals surface area (Å²) in [6.45, 7) is 12.7. The highest BCUT2D eigenvalue weighted by atomic mass is 127. The number of hydrogen-bond acceptors (Lipinski definition) is 3. The number of halogens is 1. The number of aliphatic imine (C=N–C) groups is 1. The summed E-state index contributed by atoms with van der Waals surface area (Å²) in [7, 11) is 0. The zero-order valence-corrected chi connectivity index (χ0v) is 18.3. The molecule has 2 atom stereocenters. The molecule has 0 radical (unpaired) electrons. The maximum absolute atomic E-state index is 5.54. The van der Waals surface area contributed by atoms with Crippen molar-refractivity contribution in [1.82, 2.24) is 10.2 Å². The molecular formula is C17H34IN3OS. The molecule has 1 N–H and O–H groups in total. The second-order valence-corrected chi connectivity index (χ2v) is 8.29. The van der Waals surface area contributed by atoms with Gasteiger partial charge in [-0.25, -0.2) is 0 Å². The molecule has 0 aromatic heterocycles. The van der Waals surface area contributed by atoms with Crippen molar-refractivity contribution in [1.29, 1.82) is 0 Å². The highest BCUT2D eigenvalue weighted by molar-refractivity contribution is 14.0. The lowest BCUT2D eigenvalue weighted by Crippen LogP contribution is -2.49. The van der Waals surface area contributed by atoms with E-state index in [9.17, 15) is 0 Å². The Labute approximate surface area is 163 Å². The molecule has 2 heterocycles. The lowest BCUT2D eigenvalue weighted by atomic mass is 9.92. The Hall–Kier alpha value is 0.310. The molecule has 2 rings (SSSR count). The lowest BCUT2D eigenvalue weighted by molar-refractivity contribution is 0.0793. The molecule has 2 aliphatic heterocycles. The molecule has 0 saturated carbocycles. The first-order valence-corrected chi connectivity index (χ1v) is 9.97. The molecule has 2 aliphatic rings. The van der Waals surface area contributed by atoms with Gasteiger partial charge in [0, 0.05) is 37.6 Å². The van der Waals surface area contributed by atoms with Crippen LogP contribution in [0.5, 0.6) is 0 Å². The van der Waals surface area contributed by atoms with Crippen molar-refractivity contribution in [3.05, 3.63) is 0 Å². The molecule has 2 saturated heterocycles. The van der Waals surface area contributed by atoms with Crippen LogP contribution in [0.3, 0.4) is 0 Å². The third-order valence-electron chi connectivity index (χ3n) is 4.86. The van der Waals surface area contributed by atoms with E-state index in [2.05, 4.69) is 37.2 Å². The molecule has 0 amide bonds. The third-order valence-corrected chi connectivity index (χ3v) is 6.26. The number of nitrogens with zero attached hydrogens (tertiary/aromatic N) is 2. The summed E-state index contributed by atoms with van der Waals surface area (Å²) in [4.78, 5) is 7.50. The van der Waals surface area contributed by atoms with Crippen LogP contribution in [-0.4, -0.2) is 61.3 Å². The molecule has 23 heavy (non-hydrogen) atoms. The van der Waals surface area contributed by atoms with Gasteiger partial charge in [-0.1, -0.05) is 13.8 Å². The summed E-state index contributed by atoms with van der Waals surface area (Å²) < 4.78 is 5.81. The van der Waals surface area contributed by atoms with Gasteiger partial charge in [-0.3, -0.25) is 4.99 Å². The van der Waals surface area contributed by atoms with Crippen molar-refractivity contribution in [3.8, 4) is 0 Å². The summed E-state index contributed by atoms with van der Waals surface area (Å²) in [6, 6.07) is 0. The first-order chi connectivity index (χ1) is 10.6.